The Morgan fingerprint density at radius 3 is 1.67 bits per heavy atom. The highest BCUT2D eigenvalue weighted by Crippen LogP contribution is 2.43. The summed E-state index contributed by atoms with van der Waals surface area (Å²) in [6, 6.07) is 0. The van der Waals surface area contributed by atoms with E-state index in [4.69, 9.17) is 24.3 Å². The average molecular weight is 712 g/mol. The van der Waals surface area contributed by atoms with Crippen LogP contribution in [0.15, 0.2) is 48.6 Å². The molecular weight excluding hydrogens is 641 g/mol. The Hall–Kier alpha value is -2.03. The van der Waals surface area contributed by atoms with E-state index in [2.05, 4.69) is 62.5 Å². The van der Waals surface area contributed by atoms with Gasteiger partial charge < -0.3 is 20.1 Å². The summed E-state index contributed by atoms with van der Waals surface area (Å²) < 4.78 is 32.6. The summed E-state index contributed by atoms with van der Waals surface area (Å²) in [7, 11) is -4.37. The minimum absolute atomic E-state index is 0.0489. The summed E-state index contributed by atoms with van der Waals surface area (Å²) >= 11 is 0. The van der Waals surface area contributed by atoms with Crippen LogP contribution in [0, 0.1) is 0 Å². The maximum absolute atomic E-state index is 12.5. The van der Waals surface area contributed by atoms with Gasteiger partial charge in [-0.15, -0.1) is 0 Å². The van der Waals surface area contributed by atoms with Crippen molar-refractivity contribution in [2.45, 2.75) is 161 Å². The molecule has 0 aromatic carbocycles. The Balaban J connectivity index is 4.25. The van der Waals surface area contributed by atoms with Crippen molar-refractivity contribution in [3.05, 3.63) is 48.6 Å². The summed E-state index contributed by atoms with van der Waals surface area (Å²) in [6.07, 6.45) is 38.5. The lowest BCUT2D eigenvalue weighted by molar-refractivity contribution is -0.161. The van der Waals surface area contributed by atoms with E-state index in [1.807, 2.05) is 0 Å². The summed E-state index contributed by atoms with van der Waals surface area (Å²) in [5, 5.41) is 0. The molecule has 0 rings (SSSR count). The minimum atomic E-state index is -4.37. The van der Waals surface area contributed by atoms with E-state index < -0.39 is 32.5 Å². The first-order valence-electron chi connectivity index (χ1n) is 19.1. The number of esters is 2. The number of carbonyl (C=O) groups is 2. The van der Waals surface area contributed by atoms with E-state index >= 15 is 0 Å². The van der Waals surface area contributed by atoms with Crippen molar-refractivity contribution in [2.24, 2.45) is 5.73 Å². The van der Waals surface area contributed by atoms with Gasteiger partial charge in [0.2, 0.25) is 0 Å². The zero-order chi connectivity index (χ0) is 36.1. The monoisotopic (exact) mass is 711 g/mol. The van der Waals surface area contributed by atoms with Crippen molar-refractivity contribution in [1.82, 2.24) is 0 Å². The van der Waals surface area contributed by atoms with Crippen molar-refractivity contribution >= 4 is 19.8 Å². The van der Waals surface area contributed by atoms with Gasteiger partial charge in [-0.05, 0) is 51.4 Å². The first kappa shape index (κ1) is 47.0. The van der Waals surface area contributed by atoms with E-state index in [1.165, 1.54) is 44.9 Å². The zero-order valence-corrected chi connectivity index (χ0v) is 31.8. The Morgan fingerprint density at radius 1 is 0.633 bits per heavy atom. The number of unbranched alkanes of at least 4 members (excludes halogenated alkanes) is 14. The number of rotatable bonds is 35. The first-order chi connectivity index (χ1) is 23.8. The molecule has 49 heavy (non-hydrogen) atoms. The smallest absolute Gasteiger partial charge is 0.462 e. The second-order valence-corrected chi connectivity index (χ2v) is 13.9. The van der Waals surface area contributed by atoms with E-state index in [9.17, 15) is 19.0 Å². The van der Waals surface area contributed by atoms with Crippen molar-refractivity contribution < 1.29 is 37.6 Å². The van der Waals surface area contributed by atoms with Crippen LogP contribution in [0.2, 0.25) is 0 Å². The lowest BCUT2D eigenvalue weighted by atomic mass is 10.1. The second-order valence-electron chi connectivity index (χ2n) is 12.4. The van der Waals surface area contributed by atoms with Crippen LogP contribution in [0.4, 0.5) is 0 Å². The van der Waals surface area contributed by atoms with Gasteiger partial charge in [-0.3, -0.25) is 18.6 Å². The molecule has 0 aliphatic heterocycles. The van der Waals surface area contributed by atoms with Crippen molar-refractivity contribution in [2.75, 3.05) is 26.4 Å². The van der Waals surface area contributed by atoms with E-state index in [0.717, 1.165) is 70.6 Å². The molecule has 0 aliphatic rings. The van der Waals surface area contributed by atoms with Gasteiger partial charge in [-0.25, -0.2) is 4.57 Å². The van der Waals surface area contributed by atoms with Crippen LogP contribution in [0.1, 0.15) is 155 Å². The third-order valence-electron chi connectivity index (χ3n) is 7.73. The molecule has 0 bridgehead atoms. The molecule has 0 aromatic heterocycles. The zero-order valence-electron chi connectivity index (χ0n) is 30.9. The quantitative estimate of drug-likeness (QED) is 0.0285. The lowest BCUT2D eigenvalue weighted by Crippen LogP contribution is -2.29. The Labute approximate surface area is 298 Å². The standard InChI is InChI=1S/C39H70NO8P/c1-3-5-7-9-11-13-15-16-17-18-19-20-22-23-25-27-29-31-38(41)45-35-37(36-47-49(43,44)46-34-33-40)48-39(42)32-30-28-26-24-21-14-12-10-8-6-4-2/h5,7,11,13,16-17,19-20,37H,3-4,6,8-10,12,14-15,18,21-36,40H2,1-2H3,(H,43,44)/b7-5-,13-11-,17-16-,20-19-/t37-/m1/s1. The van der Waals surface area contributed by atoms with Crippen LogP contribution in [-0.2, 0) is 32.7 Å². The lowest BCUT2D eigenvalue weighted by Gasteiger charge is -2.19. The van der Waals surface area contributed by atoms with Crippen LogP contribution in [0.5, 0.6) is 0 Å². The van der Waals surface area contributed by atoms with E-state index in [-0.39, 0.29) is 32.6 Å². The van der Waals surface area contributed by atoms with Crippen LogP contribution in [-0.4, -0.2) is 49.3 Å². The fourth-order valence-corrected chi connectivity index (χ4v) is 5.68. The normalized spacial score (nSPS) is 14.0. The molecule has 0 heterocycles. The number of phosphoric ester groups is 1. The molecule has 0 saturated heterocycles. The van der Waals surface area contributed by atoms with Crippen LogP contribution < -0.4 is 5.73 Å². The molecule has 0 aromatic rings. The summed E-state index contributed by atoms with van der Waals surface area (Å²) in [5.74, 6) is -0.860. The minimum Gasteiger partial charge on any atom is -0.462 e. The van der Waals surface area contributed by atoms with Gasteiger partial charge >= 0.3 is 19.8 Å². The SMILES string of the molecule is CC/C=C\C/C=C\C/C=C\C/C=C\CCCCCCC(=O)OC[C@H](COP(=O)(O)OCCN)OC(=O)CCCCCCCCCCCCC. The first-order valence-corrected chi connectivity index (χ1v) is 20.6. The third-order valence-corrected chi connectivity index (χ3v) is 8.71. The Kier molecular flexibility index (Phi) is 34.3. The van der Waals surface area contributed by atoms with Crippen LogP contribution in [0.3, 0.4) is 0 Å². The van der Waals surface area contributed by atoms with Gasteiger partial charge in [-0.2, -0.15) is 0 Å². The number of hydrogen-bond acceptors (Lipinski definition) is 8. The number of ether oxygens (including phenoxy) is 2. The molecule has 2 atom stereocenters. The van der Waals surface area contributed by atoms with E-state index in [1.54, 1.807) is 0 Å². The number of allylic oxidation sites excluding steroid dienone is 8. The molecular formula is C39H70NO8P. The summed E-state index contributed by atoms with van der Waals surface area (Å²) in [4.78, 5) is 34.7. The van der Waals surface area contributed by atoms with E-state index in [0.29, 0.717) is 12.8 Å². The van der Waals surface area contributed by atoms with Gasteiger partial charge in [0.25, 0.3) is 0 Å². The number of carbonyl (C=O) groups excluding carboxylic acids is 2. The van der Waals surface area contributed by atoms with Crippen molar-refractivity contribution in [3.63, 3.8) is 0 Å². The third kappa shape index (κ3) is 35.6. The van der Waals surface area contributed by atoms with Gasteiger partial charge in [0.15, 0.2) is 6.10 Å². The largest absolute Gasteiger partial charge is 0.472 e. The Bertz CT molecular complexity index is 949. The fraction of sp³-hybridized carbons (Fsp3) is 0.744. The summed E-state index contributed by atoms with van der Waals surface area (Å²) in [5.41, 5.74) is 5.33. The predicted molar refractivity (Wildman–Crippen MR) is 201 cm³/mol. The highest BCUT2D eigenvalue weighted by molar-refractivity contribution is 7.47. The summed E-state index contributed by atoms with van der Waals surface area (Å²) in [6.45, 7) is 3.56. The molecule has 1 unspecified atom stereocenters. The maximum Gasteiger partial charge on any atom is 0.472 e. The van der Waals surface area contributed by atoms with Crippen LogP contribution >= 0.6 is 7.82 Å². The fourth-order valence-electron chi connectivity index (χ4n) is 4.92. The maximum atomic E-state index is 12.5. The molecule has 0 saturated carbocycles. The topological polar surface area (TPSA) is 134 Å². The molecule has 9 nitrogen and oxygen atoms in total. The van der Waals surface area contributed by atoms with Crippen molar-refractivity contribution in [3.8, 4) is 0 Å². The predicted octanol–water partition coefficient (Wildman–Crippen LogP) is 10.4. The van der Waals surface area contributed by atoms with Gasteiger partial charge in [-0.1, -0.05) is 140 Å². The molecule has 0 radical (unpaired) electrons. The molecule has 0 amide bonds. The molecule has 284 valence electrons. The highest BCUT2D eigenvalue weighted by Gasteiger charge is 2.25. The molecule has 3 N–H and O–H groups in total. The average Bonchev–Trinajstić information content (AvgIpc) is 3.08. The number of hydrogen-bond donors (Lipinski definition) is 2. The molecule has 10 heteroatoms. The number of phosphoric acid groups is 1. The second kappa shape index (κ2) is 35.8. The number of nitrogens with two attached hydrogens (primary N) is 1. The van der Waals surface area contributed by atoms with Gasteiger partial charge in [0.1, 0.15) is 6.61 Å². The molecule has 0 aliphatic carbocycles. The van der Waals surface area contributed by atoms with Crippen LogP contribution in [0.25, 0.3) is 0 Å². The van der Waals surface area contributed by atoms with Gasteiger partial charge in [0.05, 0.1) is 13.2 Å². The highest BCUT2D eigenvalue weighted by atomic mass is 31.2. The molecule has 0 spiro atoms. The van der Waals surface area contributed by atoms with Gasteiger partial charge in [0, 0.05) is 19.4 Å². The Morgan fingerprint density at radius 2 is 1.12 bits per heavy atom. The molecule has 0 fully saturated rings. The van der Waals surface area contributed by atoms with Crippen molar-refractivity contribution in [1.29, 1.82) is 0 Å².